The Labute approximate surface area is 796 Å². The van der Waals surface area contributed by atoms with Crippen LogP contribution in [0.4, 0.5) is 56.9 Å². The van der Waals surface area contributed by atoms with Gasteiger partial charge in [0.15, 0.2) is 0 Å². The predicted octanol–water partition coefficient (Wildman–Crippen LogP) is 21.8. The summed E-state index contributed by atoms with van der Waals surface area (Å²) in [5.41, 5.74) is 35.4. The maximum atomic E-state index is 12.5. The van der Waals surface area contributed by atoms with Crippen LogP contribution in [0.25, 0.3) is 44.5 Å². The van der Waals surface area contributed by atoms with E-state index >= 15 is 0 Å². The number of rotatable bonds is 24. The molecular weight excluding hydrogens is 1860 g/mol. The Morgan fingerprint density at radius 1 is 0.356 bits per heavy atom. The van der Waals surface area contributed by atoms with Crippen molar-refractivity contribution in [3.8, 4) is 67.5 Å². The molecule has 0 bridgehead atoms. The first-order chi connectivity index (χ1) is 63.3. The van der Waals surface area contributed by atoms with Gasteiger partial charge >= 0.3 is 7.12 Å². The Bertz CT molecular complexity index is 6290. The fourth-order valence-corrected chi connectivity index (χ4v) is 14.4. The Morgan fingerprint density at radius 3 is 0.909 bits per heavy atom. The zero-order valence-corrected chi connectivity index (χ0v) is 78.9. The Morgan fingerprint density at radius 2 is 0.621 bits per heavy atom. The highest BCUT2D eigenvalue weighted by Crippen LogP contribution is 2.36. The smallest absolute Gasteiger partial charge is 0.488 e. The summed E-state index contributed by atoms with van der Waals surface area (Å²) in [6.45, 7) is 0. The highest BCUT2D eigenvalue weighted by molar-refractivity contribution is 9.10. The first-order valence-electron chi connectivity index (χ1n) is 39.2. The lowest BCUT2D eigenvalue weighted by Crippen LogP contribution is -2.29. The quantitative estimate of drug-likeness (QED) is 0.00677. The van der Waals surface area contributed by atoms with E-state index in [-0.39, 0.29) is 45.9 Å². The molecule has 27 nitrogen and oxygen atoms in total. The van der Waals surface area contributed by atoms with Crippen molar-refractivity contribution in [1.29, 1.82) is 0 Å². The van der Waals surface area contributed by atoms with Crippen LogP contribution in [0.3, 0.4) is 0 Å². The van der Waals surface area contributed by atoms with Gasteiger partial charge in [0.05, 0.1) is 66.0 Å². The molecule has 0 aromatic heterocycles. The van der Waals surface area contributed by atoms with E-state index in [0.717, 1.165) is 63.7 Å². The maximum absolute atomic E-state index is 12.5. The lowest BCUT2D eigenvalue weighted by Gasteiger charge is -2.11. The molecule has 0 aliphatic rings. The van der Waals surface area contributed by atoms with Crippen LogP contribution < -0.4 is 63.3 Å². The molecule has 0 heterocycles. The number of anilines is 7. The number of hydrogen-bond acceptors (Lipinski definition) is 25. The van der Waals surface area contributed by atoms with Gasteiger partial charge in [-0.2, -0.15) is 0 Å². The average Bonchev–Trinajstić information content (AvgIpc) is 0.822. The maximum Gasteiger partial charge on any atom is 0.488 e. The summed E-state index contributed by atoms with van der Waals surface area (Å²) >= 11 is 15.0. The van der Waals surface area contributed by atoms with Crippen LogP contribution >= 0.6 is 74.6 Å². The van der Waals surface area contributed by atoms with Gasteiger partial charge < -0.3 is 67.9 Å². The zero-order valence-electron chi connectivity index (χ0n) is 72.5. The Hall–Kier alpha value is -13.9. The minimum atomic E-state index is -1.36. The Kier molecular flexibility index (Phi) is 40.8. The highest BCUT2D eigenvalue weighted by Gasteiger charge is 2.21. The zero-order chi connectivity index (χ0) is 96.1. The molecule has 0 saturated heterocycles. The number of ether oxygens (including phenoxy) is 4. The second-order valence-electron chi connectivity index (χ2n) is 27.4. The number of hydrogen-bond donors (Lipinski definition) is 9. The van der Waals surface area contributed by atoms with Crippen LogP contribution in [0.5, 0.6) is 23.0 Å². The second kappa shape index (κ2) is 52.0. The van der Waals surface area contributed by atoms with Crippen LogP contribution in [-0.2, 0) is 10.8 Å². The van der Waals surface area contributed by atoms with Gasteiger partial charge in [0.1, 0.15) is 40.1 Å². The number of nitrogens with zero attached hydrogens (tertiary/aromatic N) is 3. The lowest BCUT2D eigenvalue weighted by molar-refractivity contribution is -0.384. The van der Waals surface area contributed by atoms with Crippen molar-refractivity contribution in [2.75, 3.05) is 98.6 Å². The van der Waals surface area contributed by atoms with Gasteiger partial charge in [-0.1, -0.05) is 88.7 Å². The average molecular weight is 1960 g/mol. The van der Waals surface area contributed by atoms with Crippen molar-refractivity contribution < 1.29 is 67.2 Å². The number of nitro benzene ring substituents is 3. The third kappa shape index (κ3) is 31.4. The van der Waals surface area contributed by atoms with E-state index in [2.05, 4.69) is 56.1 Å². The number of nitrogens with two attached hydrogens (primary N) is 4. The van der Waals surface area contributed by atoms with Crippen LogP contribution in [0.2, 0.25) is 0 Å². The van der Waals surface area contributed by atoms with Gasteiger partial charge in [-0.15, -0.1) is 47.0 Å². The topological polar surface area (TPSA) is 432 Å². The number of halogens is 2. The summed E-state index contributed by atoms with van der Waals surface area (Å²) in [5, 5.41) is 57.7. The van der Waals surface area contributed by atoms with Crippen LogP contribution in [0, 0.1) is 30.3 Å². The fourth-order valence-electron chi connectivity index (χ4n) is 11.8. The highest BCUT2D eigenvalue weighted by atomic mass is 79.9. The first-order valence-corrected chi connectivity index (χ1v) is 46.8. The number of nitrogen functional groups attached to an aromatic ring is 4. The van der Waals surface area contributed by atoms with E-state index in [1.165, 1.54) is 41.2 Å². The lowest BCUT2D eigenvalue weighted by atomic mass is 9.81. The largest absolute Gasteiger partial charge is 0.497 e. The molecule has 13 N–H and O–H groups in total. The van der Waals surface area contributed by atoms with Gasteiger partial charge in [-0.25, -0.2) is 0 Å². The van der Waals surface area contributed by atoms with E-state index in [4.69, 9.17) is 63.5 Å². The molecule has 1 atom stereocenters. The summed E-state index contributed by atoms with van der Waals surface area (Å²) in [5.74, 6) is 1.83. The van der Waals surface area contributed by atoms with E-state index < -0.39 is 43.8 Å². The van der Waals surface area contributed by atoms with E-state index in [1.807, 2.05) is 134 Å². The Balaban J connectivity index is 0.000000196. The SMILES string of the molecule is COc1ccc(C(=O)Cl)cc1.COc1ccc(C(=O)Nc2cc(-c3ccc(S(C)=O)cc3)ccc2N)cc1.COc1ccc(C(=O)Nc2cc(-c3ccc(SC)cc3)ccc2N)cc1.COc1ccc(C(=O)Nc2cc(-c3ccc(SC)cc3)ccc2[N+](=O)[O-])cc1.CSc1ccc(-c2ccc([N+](=O)[O-])c(N)c2)cc1.CSc1ccc(B(O)O)cc1.Nc1cc(Br)ccc1[N+](=O)[O-]. The molecule has 3 amide bonds. The van der Waals surface area contributed by atoms with Crippen molar-refractivity contribution in [1.82, 2.24) is 0 Å². The molecule has 14 rings (SSSR count). The number of amides is 3. The molecule has 0 saturated carbocycles. The molecular formula is C97H91BBrClN10O17S5. The monoisotopic (exact) mass is 1950 g/mol. The standard InChI is InChI=1S/C21H18N2O4S.C21H20N2O3S.C21H20N2O2S.C13H12N2O2S.C8H7ClO2.C7H9BO2S.C6H5BrN2O2/c1-27-17-8-3-15(4-9-17)21(24)22-19-13-16(7-12-20(19)23(25)26)14-5-10-18(28-2)11-6-14;1-26-17-8-3-15(4-9-17)21(24)23-20-13-16(7-12-19(20)22)14-5-10-18(11-6-14)27(2)25;1-25-17-8-3-15(4-9-17)21(24)23-20-13-16(7-12-19(20)22)14-5-10-18(26-2)11-6-14;1-18-11-5-2-9(3-6-11)10-4-7-13(15(16)17)12(14)8-10;2*1-11-7-4-2-6(3-5-7)8(9)10;7-4-1-2-6(9(10)11)5(8)3-4/h3-13H,1-2H3,(H,22,24);3-13H,22H2,1-2H3,(H,23,24);3-13H,22H2,1-2H3,(H,23,24);2-8H,14H2,1H3;2-5H,1H3;2-5,9-10H,1H3;1-3H,8H2. The summed E-state index contributed by atoms with van der Waals surface area (Å²) in [6, 6.07) is 90.7. The molecule has 0 spiro atoms. The number of carbonyl (C=O) groups is 4. The third-order valence-electron chi connectivity index (χ3n) is 19.0. The van der Waals surface area contributed by atoms with Gasteiger partial charge in [-0.3, -0.25) is 53.7 Å². The number of benzene rings is 14. The summed E-state index contributed by atoms with van der Waals surface area (Å²) in [7, 11) is 3.90. The minimum Gasteiger partial charge on any atom is -0.497 e. The number of nitrogens with one attached hydrogen (secondary N) is 3. The molecule has 0 fully saturated rings. The van der Waals surface area contributed by atoms with Gasteiger partial charge in [-0.05, 0) is 305 Å². The van der Waals surface area contributed by atoms with Crippen molar-refractivity contribution in [3.05, 3.63) is 366 Å². The van der Waals surface area contributed by atoms with E-state index in [0.29, 0.717) is 73.5 Å². The van der Waals surface area contributed by atoms with Crippen molar-refractivity contribution in [3.63, 3.8) is 0 Å². The molecule has 0 aliphatic heterocycles. The predicted molar refractivity (Wildman–Crippen MR) is 541 cm³/mol. The van der Waals surface area contributed by atoms with Crippen molar-refractivity contribution >= 4 is 178 Å². The summed E-state index contributed by atoms with van der Waals surface area (Å²) < 4.78 is 32.5. The third-order valence-corrected chi connectivity index (χ3v) is 23.7. The number of methoxy groups -OCH3 is 4. The molecule has 14 aromatic rings. The fraction of sp³-hybridized carbons (Fsp3) is 0.0928. The van der Waals surface area contributed by atoms with Crippen molar-refractivity contribution in [2.45, 2.75) is 24.5 Å². The number of thioether (sulfide) groups is 4. The first kappa shape index (κ1) is 103. The van der Waals surface area contributed by atoms with Crippen LogP contribution in [0.15, 0.2) is 338 Å². The molecule has 1 unspecified atom stereocenters. The van der Waals surface area contributed by atoms with Gasteiger partial charge in [0, 0.05) is 86.5 Å². The molecule has 132 heavy (non-hydrogen) atoms. The summed E-state index contributed by atoms with van der Waals surface area (Å²) in [4.78, 5) is 84.3. The van der Waals surface area contributed by atoms with E-state index in [1.54, 1.807) is 226 Å². The van der Waals surface area contributed by atoms with Crippen molar-refractivity contribution in [2.24, 2.45) is 0 Å². The van der Waals surface area contributed by atoms with Gasteiger partial charge in [0.2, 0.25) is 0 Å². The normalized spacial score (nSPS) is 10.4. The molecule has 0 radical (unpaired) electrons. The molecule has 35 heteroatoms. The van der Waals surface area contributed by atoms with Gasteiger partial charge in [0.25, 0.3) is 40.0 Å². The van der Waals surface area contributed by atoms with Crippen LogP contribution in [-0.4, -0.2) is 119 Å². The number of nitro groups is 3. The molecule has 14 aromatic carbocycles. The van der Waals surface area contributed by atoms with E-state index in [9.17, 15) is 53.7 Å². The molecule has 678 valence electrons. The number of carbonyl (C=O) groups excluding carboxylic acids is 4. The molecule has 0 aliphatic carbocycles. The summed E-state index contributed by atoms with van der Waals surface area (Å²) in [6.07, 6.45) is 9.67. The van der Waals surface area contributed by atoms with Crippen LogP contribution in [0.1, 0.15) is 41.4 Å². The second-order valence-corrected chi connectivity index (χ2v) is 33.6. The minimum absolute atomic E-state index is 0.0560.